The van der Waals surface area contributed by atoms with Crippen molar-refractivity contribution in [2.24, 2.45) is 0 Å². The van der Waals surface area contributed by atoms with Gasteiger partial charge in [0.15, 0.2) is 0 Å². The van der Waals surface area contributed by atoms with Gasteiger partial charge < -0.3 is 4.74 Å². The standard InChI is InChI=1S/C19H18F3N3O3S/c20-19(21,22)28-16-7-4-8-17(13-16)29(26,27)25-11-9-24(10-12-25)18(14-23)15-5-2-1-3-6-15/h1-8,13,18H,9-12H2. The number of ether oxygens (including phenoxy) is 1. The Balaban J connectivity index is 1.72. The molecule has 1 unspecified atom stereocenters. The molecule has 0 aromatic heterocycles. The largest absolute Gasteiger partial charge is 0.573 e. The van der Waals surface area contributed by atoms with Gasteiger partial charge in [-0.1, -0.05) is 36.4 Å². The van der Waals surface area contributed by atoms with Crippen molar-refractivity contribution in [2.75, 3.05) is 26.2 Å². The summed E-state index contributed by atoms with van der Waals surface area (Å²) in [5.74, 6) is -0.592. The van der Waals surface area contributed by atoms with Gasteiger partial charge in [0.25, 0.3) is 0 Å². The minimum atomic E-state index is -4.91. The van der Waals surface area contributed by atoms with Gasteiger partial charge in [-0.25, -0.2) is 8.42 Å². The second kappa shape index (κ2) is 8.41. The Kier molecular flexibility index (Phi) is 6.12. The summed E-state index contributed by atoms with van der Waals surface area (Å²) in [4.78, 5) is 1.61. The van der Waals surface area contributed by atoms with Crippen LogP contribution in [0.15, 0.2) is 59.5 Å². The fourth-order valence-corrected chi connectivity index (χ4v) is 4.64. The van der Waals surface area contributed by atoms with Gasteiger partial charge in [0.05, 0.1) is 11.0 Å². The van der Waals surface area contributed by atoms with Crippen molar-refractivity contribution in [3.8, 4) is 11.8 Å². The third kappa shape index (κ3) is 5.06. The van der Waals surface area contributed by atoms with Gasteiger partial charge in [0.2, 0.25) is 10.0 Å². The number of alkyl halides is 3. The second-order valence-corrected chi connectivity index (χ2v) is 8.34. The van der Waals surface area contributed by atoms with E-state index in [2.05, 4.69) is 10.8 Å². The molecule has 29 heavy (non-hydrogen) atoms. The smallest absolute Gasteiger partial charge is 0.406 e. The summed E-state index contributed by atoms with van der Waals surface area (Å²) in [6, 6.07) is 15.3. The third-order valence-electron chi connectivity index (χ3n) is 4.55. The molecular weight excluding hydrogens is 407 g/mol. The zero-order chi connectivity index (χ0) is 21.1. The molecule has 0 N–H and O–H groups in total. The highest BCUT2D eigenvalue weighted by Gasteiger charge is 2.34. The van der Waals surface area contributed by atoms with Crippen LogP contribution in [0.4, 0.5) is 13.2 Å². The van der Waals surface area contributed by atoms with Crippen LogP contribution in [-0.2, 0) is 10.0 Å². The zero-order valence-electron chi connectivity index (χ0n) is 15.2. The maximum atomic E-state index is 12.8. The number of nitrogens with zero attached hydrogens (tertiary/aromatic N) is 3. The molecule has 0 aliphatic carbocycles. The van der Waals surface area contributed by atoms with Crippen molar-refractivity contribution in [2.45, 2.75) is 17.3 Å². The van der Waals surface area contributed by atoms with Crippen molar-refractivity contribution in [1.29, 1.82) is 5.26 Å². The third-order valence-corrected chi connectivity index (χ3v) is 6.45. The highest BCUT2D eigenvalue weighted by Crippen LogP contribution is 2.28. The first-order chi connectivity index (χ1) is 13.7. The molecule has 3 rings (SSSR count). The first-order valence-corrected chi connectivity index (χ1v) is 10.2. The molecule has 1 aliphatic heterocycles. The number of sulfonamides is 1. The molecular formula is C19H18F3N3O3S. The van der Waals surface area contributed by atoms with Crippen LogP contribution in [0.5, 0.6) is 5.75 Å². The molecule has 1 aliphatic rings. The van der Waals surface area contributed by atoms with Crippen molar-refractivity contribution >= 4 is 10.0 Å². The van der Waals surface area contributed by atoms with Crippen LogP contribution in [0.3, 0.4) is 0 Å². The van der Waals surface area contributed by atoms with Gasteiger partial charge in [-0.15, -0.1) is 13.2 Å². The Hall–Kier alpha value is -2.61. The lowest BCUT2D eigenvalue weighted by molar-refractivity contribution is -0.274. The van der Waals surface area contributed by atoms with Gasteiger partial charge in [-0.05, 0) is 17.7 Å². The van der Waals surface area contributed by atoms with Crippen LogP contribution in [0.25, 0.3) is 0 Å². The summed E-state index contributed by atoms with van der Waals surface area (Å²) in [5.41, 5.74) is 0.823. The van der Waals surface area contributed by atoms with Crippen molar-refractivity contribution in [3.05, 3.63) is 60.2 Å². The first kappa shape index (κ1) is 21.1. The average Bonchev–Trinajstić information content (AvgIpc) is 2.69. The van der Waals surface area contributed by atoms with E-state index in [-0.39, 0.29) is 18.0 Å². The van der Waals surface area contributed by atoms with E-state index in [4.69, 9.17) is 0 Å². The van der Waals surface area contributed by atoms with Crippen LogP contribution in [0, 0.1) is 11.3 Å². The monoisotopic (exact) mass is 425 g/mol. The van der Waals surface area contributed by atoms with E-state index < -0.39 is 28.2 Å². The summed E-state index contributed by atoms with van der Waals surface area (Å²) >= 11 is 0. The number of nitriles is 1. The van der Waals surface area contributed by atoms with Gasteiger partial charge in [-0.3, -0.25) is 4.90 Å². The quantitative estimate of drug-likeness (QED) is 0.736. The predicted octanol–water partition coefficient (Wildman–Crippen LogP) is 3.16. The second-order valence-electron chi connectivity index (χ2n) is 6.41. The average molecular weight is 425 g/mol. The number of piperazine rings is 1. The maximum Gasteiger partial charge on any atom is 0.573 e. The lowest BCUT2D eigenvalue weighted by Crippen LogP contribution is -2.49. The number of hydrogen-bond acceptors (Lipinski definition) is 5. The molecule has 2 aromatic carbocycles. The fraction of sp³-hybridized carbons (Fsp3) is 0.316. The molecule has 154 valence electrons. The topological polar surface area (TPSA) is 73.6 Å². The van der Waals surface area contributed by atoms with Gasteiger partial charge in [0.1, 0.15) is 11.8 Å². The molecule has 1 heterocycles. The summed E-state index contributed by atoms with van der Waals surface area (Å²) in [6.07, 6.45) is -4.91. The first-order valence-electron chi connectivity index (χ1n) is 8.75. The van der Waals surface area contributed by atoms with E-state index in [9.17, 15) is 26.9 Å². The molecule has 1 atom stereocenters. The molecule has 0 amide bonds. The summed E-state index contributed by atoms with van der Waals surface area (Å²) in [5, 5.41) is 9.53. The Bertz CT molecular complexity index is 983. The number of rotatable bonds is 5. The molecule has 6 nitrogen and oxygen atoms in total. The molecule has 0 saturated carbocycles. The molecule has 0 radical (unpaired) electrons. The minimum Gasteiger partial charge on any atom is -0.406 e. The van der Waals surface area contributed by atoms with Crippen LogP contribution >= 0.6 is 0 Å². The molecule has 1 saturated heterocycles. The van der Waals surface area contributed by atoms with E-state index in [1.807, 2.05) is 35.2 Å². The lowest BCUT2D eigenvalue weighted by Gasteiger charge is -2.36. The Morgan fingerprint density at radius 3 is 2.24 bits per heavy atom. The van der Waals surface area contributed by atoms with Crippen molar-refractivity contribution in [3.63, 3.8) is 0 Å². The Morgan fingerprint density at radius 2 is 1.66 bits per heavy atom. The number of halogens is 3. The van der Waals surface area contributed by atoms with Crippen LogP contribution < -0.4 is 4.74 Å². The summed E-state index contributed by atoms with van der Waals surface area (Å²) in [7, 11) is -3.98. The van der Waals surface area contributed by atoms with E-state index in [0.717, 1.165) is 17.7 Å². The molecule has 0 bridgehead atoms. The summed E-state index contributed by atoms with van der Waals surface area (Å²) < 4.78 is 67.9. The van der Waals surface area contributed by atoms with E-state index in [1.165, 1.54) is 16.4 Å². The van der Waals surface area contributed by atoms with Gasteiger partial charge in [0, 0.05) is 32.2 Å². The van der Waals surface area contributed by atoms with E-state index in [1.54, 1.807) is 0 Å². The van der Waals surface area contributed by atoms with Gasteiger partial charge >= 0.3 is 6.36 Å². The normalized spacial score (nSPS) is 17.4. The molecule has 1 fully saturated rings. The van der Waals surface area contributed by atoms with Gasteiger partial charge in [-0.2, -0.15) is 9.57 Å². The van der Waals surface area contributed by atoms with E-state index >= 15 is 0 Å². The lowest BCUT2D eigenvalue weighted by atomic mass is 10.1. The highest BCUT2D eigenvalue weighted by molar-refractivity contribution is 7.89. The SMILES string of the molecule is N#CC(c1ccccc1)N1CCN(S(=O)(=O)c2cccc(OC(F)(F)F)c2)CC1. The Labute approximate surface area is 166 Å². The van der Waals surface area contributed by atoms with Crippen LogP contribution in [0.1, 0.15) is 11.6 Å². The predicted molar refractivity (Wildman–Crippen MR) is 98.3 cm³/mol. The number of benzene rings is 2. The van der Waals surface area contributed by atoms with Crippen molar-refractivity contribution in [1.82, 2.24) is 9.21 Å². The van der Waals surface area contributed by atoms with Crippen LogP contribution in [0.2, 0.25) is 0 Å². The highest BCUT2D eigenvalue weighted by atomic mass is 32.2. The van der Waals surface area contributed by atoms with Crippen LogP contribution in [-0.4, -0.2) is 50.2 Å². The number of hydrogen-bond donors (Lipinski definition) is 0. The molecule has 0 spiro atoms. The maximum absolute atomic E-state index is 12.8. The minimum absolute atomic E-state index is 0.123. The van der Waals surface area contributed by atoms with E-state index in [0.29, 0.717) is 13.1 Å². The zero-order valence-corrected chi connectivity index (χ0v) is 16.0. The van der Waals surface area contributed by atoms with Crippen molar-refractivity contribution < 1.29 is 26.3 Å². The summed E-state index contributed by atoms with van der Waals surface area (Å²) in [6.45, 7) is 0.894. The molecule has 10 heteroatoms. The Morgan fingerprint density at radius 1 is 1.00 bits per heavy atom. The molecule has 2 aromatic rings. The fourth-order valence-electron chi connectivity index (χ4n) is 3.19.